The minimum atomic E-state index is 0. The third-order valence-corrected chi connectivity index (χ3v) is 5.01. The van der Waals surface area contributed by atoms with Crippen molar-refractivity contribution < 1.29 is 9.53 Å². The summed E-state index contributed by atoms with van der Waals surface area (Å²) in [4.78, 5) is 17.8. The highest BCUT2D eigenvalue weighted by atomic mass is 127. The number of rotatable bonds is 8. The Morgan fingerprint density at radius 2 is 1.92 bits per heavy atom. The lowest BCUT2D eigenvalue weighted by Gasteiger charge is -2.16. The maximum Gasteiger partial charge on any atom is 0.243 e. The molecule has 2 aliphatic rings. The first-order chi connectivity index (χ1) is 11.6. The van der Waals surface area contributed by atoms with E-state index in [9.17, 15) is 4.79 Å². The van der Waals surface area contributed by atoms with Crippen LogP contribution in [0, 0.1) is 11.8 Å². The van der Waals surface area contributed by atoms with Crippen molar-refractivity contribution >= 4 is 35.8 Å². The Morgan fingerprint density at radius 1 is 1.16 bits per heavy atom. The van der Waals surface area contributed by atoms with Gasteiger partial charge in [-0.05, 0) is 25.2 Å². The molecule has 1 heterocycles. The van der Waals surface area contributed by atoms with E-state index in [1.165, 1.54) is 38.5 Å². The Morgan fingerprint density at radius 3 is 2.56 bits per heavy atom. The normalized spacial score (nSPS) is 21.0. The fraction of sp³-hybridized carbons (Fsp3) is 0.889. The molecule has 146 valence electrons. The molecule has 1 aliphatic carbocycles. The van der Waals surface area contributed by atoms with Gasteiger partial charge in [0.25, 0.3) is 0 Å². The van der Waals surface area contributed by atoms with Gasteiger partial charge in [-0.15, -0.1) is 24.0 Å². The van der Waals surface area contributed by atoms with Crippen molar-refractivity contribution in [2.75, 3.05) is 46.9 Å². The lowest BCUT2D eigenvalue weighted by atomic mass is 10.0. The molecule has 1 saturated carbocycles. The van der Waals surface area contributed by atoms with Crippen LogP contribution in [-0.2, 0) is 9.53 Å². The molecule has 2 fully saturated rings. The van der Waals surface area contributed by atoms with E-state index in [0.29, 0.717) is 5.92 Å². The second-order valence-electron chi connectivity index (χ2n) is 7.28. The second-order valence-corrected chi connectivity index (χ2v) is 7.28. The van der Waals surface area contributed by atoms with Crippen molar-refractivity contribution in [2.24, 2.45) is 16.8 Å². The Kier molecular flexibility index (Phi) is 11.4. The number of hydrogen-bond donors (Lipinski definition) is 2. The van der Waals surface area contributed by atoms with Gasteiger partial charge in [-0.25, -0.2) is 4.99 Å². The van der Waals surface area contributed by atoms with Crippen molar-refractivity contribution in [3.8, 4) is 0 Å². The van der Waals surface area contributed by atoms with Crippen molar-refractivity contribution in [1.82, 2.24) is 15.5 Å². The van der Waals surface area contributed by atoms with Crippen LogP contribution in [0.3, 0.4) is 0 Å². The van der Waals surface area contributed by atoms with Crippen LogP contribution < -0.4 is 10.6 Å². The number of nitrogens with one attached hydrogen (secondary N) is 2. The molecule has 1 saturated heterocycles. The van der Waals surface area contributed by atoms with E-state index < -0.39 is 0 Å². The molecule has 2 N–H and O–H groups in total. The van der Waals surface area contributed by atoms with Crippen molar-refractivity contribution in [3.63, 3.8) is 0 Å². The predicted octanol–water partition coefficient (Wildman–Crippen LogP) is 2.23. The number of aliphatic imine (C=N–C) groups is 1. The molecule has 0 spiro atoms. The van der Waals surface area contributed by atoms with Gasteiger partial charge in [0, 0.05) is 39.7 Å². The van der Waals surface area contributed by atoms with Crippen LogP contribution in [0.5, 0.6) is 0 Å². The molecule has 25 heavy (non-hydrogen) atoms. The van der Waals surface area contributed by atoms with Crippen molar-refractivity contribution in [1.29, 1.82) is 0 Å². The molecule has 0 radical (unpaired) electrons. The highest BCUT2D eigenvalue weighted by Crippen LogP contribution is 2.28. The first-order valence-electron chi connectivity index (χ1n) is 9.45. The summed E-state index contributed by atoms with van der Waals surface area (Å²) in [6.07, 6.45) is 9.17. The summed E-state index contributed by atoms with van der Waals surface area (Å²) in [5.41, 5.74) is 0. The highest BCUT2D eigenvalue weighted by Gasteiger charge is 2.16. The van der Waals surface area contributed by atoms with E-state index >= 15 is 0 Å². The van der Waals surface area contributed by atoms with Gasteiger partial charge >= 0.3 is 0 Å². The average molecular weight is 466 g/mol. The van der Waals surface area contributed by atoms with Gasteiger partial charge in [-0.3, -0.25) is 4.79 Å². The fourth-order valence-electron chi connectivity index (χ4n) is 3.34. The number of guanidine groups is 1. The van der Waals surface area contributed by atoms with Gasteiger partial charge in [0.2, 0.25) is 5.91 Å². The molecule has 0 aromatic rings. The van der Waals surface area contributed by atoms with E-state index in [0.717, 1.165) is 44.6 Å². The van der Waals surface area contributed by atoms with Crippen LogP contribution in [0.25, 0.3) is 0 Å². The zero-order valence-corrected chi connectivity index (χ0v) is 18.1. The largest absolute Gasteiger partial charge is 0.381 e. The molecule has 1 amide bonds. The summed E-state index contributed by atoms with van der Waals surface area (Å²) in [6.45, 7) is 3.63. The molecule has 0 bridgehead atoms. The summed E-state index contributed by atoms with van der Waals surface area (Å²) >= 11 is 0. The van der Waals surface area contributed by atoms with Crippen LogP contribution >= 0.6 is 24.0 Å². The summed E-state index contributed by atoms with van der Waals surface area (Å²) < 4.78 is 5.41. The molecular weight excluding hydrogens is 431 g/mol. The van der Waals surface area contributed by atoms with E-state index in [1.807, 2.05) is 0 Å². The number of nitrogens with zero attached hydrogens (tertiary/aromatic N) is 2. The van der Waals surface area contributed by atoms with Gasteiger partial charge in [0.1, 0.15) is 6.54 Å². The van der Waals surface area contributed by atoms with Gasteiger partial charge in [-0.2, -0.15) is 0 Å². The summed E-state index contributed by atoms with van der Waals surface area (Å²) in [7, 11) is 3.52. The monoisotopic (exact) mass is 466 g/mol. The van der Waals surface area contributed by atoms with Crippen LogP contribution in [0.4, 0.5) is 0 Å². The summed E-state index contributed by atoms with van der Waals surface area (Å²) in [6, 6.07) is 0. The molecule has 2 rings (SSSR count). The first-order valence-corrected chi connectivity index (χ1v) is 9.45. The van der Waals surface area contributed by atoms with E-state index in [2.05, 4.69) is 15.6 Å². The molecule has 6 nitrogen and oxygen atoms in total. The Balaban J connectivity index is 0.00000312. The van der Waals surface area contributed by atoms with E-state index in [-0.39, 0.29) is 36.4 Å². The number of halogens is 1. The molecule has 1 aliphatic heterocycles. The Hall–Kier alpha value is -0.570. The van der Waals surface area contributed by atoms with Crippen molar-refractivity contribution in [3.05, 3.63) is 0 Å². The SMILES string of the molecule is CN(C)C(=O)CN=C(NCCCC1CCCC1)NCC1CCOC1.I. The lowest BCUT2D eigenvalue weighted by Crippen LogP contribution is -2.41. The third-order valence-electron chi connectivity index (χ3n) is 5.01. The number of amides is 1. The standard InChI is InChI=1S/C18H34N4O2.HI/c1-22(2)17(23)13-21-18(20-12-16-9-11-24-14-16)19-10-5-8-15-6-3-4-7-15;/h15-16H,3-14H2,1-2H3,(H2,19,20,21);1H. The smallest absolute Gasteiger partial charge is 0.243 e. The minimum absolute atomic E-state index is 0. The topological polar surface area (TPSA) is 66.0 Å². The molecule has 1 unspecified atom stereocenters. The van der Waals surface area contributed by atoms with Gasteiger partial charge in [-0.1, -0.05) is 25.7 Å². The molecule has 0 aromatic heterocycles. The second kappa shape index (κ2) is 12.7. The number of carbonyl (C=O) groups is 1. The van der Waals surface area contributed by atoms with Crippen LogP contribution in [-0.4, -0.2) is 63.7 Å². The third kappa shape index (κ3) is 9.08. The lowest BCUT2D eigenvalue weighted by molar-refractivity contribution is -0.127. The fourth-order valence-corrected chi connectivity index (χ4v) is 3.34. The molecular formula is C18H35IN4O2. The number of hydrogen-bond acceptors (Lipinski definition) is 3. The van der Waals surface area contributed by atoms with Crippen molar-refractivity contribution in [2.45, 2.75) is 44.9 Å². The predicted molar refractivity (Wildman–Crippen MR) is 113 cm³/mol. The maximum absolute atomic E-state index is 11.8. The molecule has 1 atom stereocenters. The summed E-state index contributed by atoms with van der Waals surface area (Å²) in [5.74, 6) is 2.24. The molecule has 0 aromatic carbocycles. The number of carbonyl (C=O) groups excluding carboxylic acids is 1. The number of likely N-dealkylation sites (N-methyl/N-ethyl adjacent to an activating group) is 1. The van der Waals surface area contributed by atoms with Crippen LogP contribution in [0.15, 0.2) is 4.99 Å². The van der Waals surface area contributed by atoms with Crippen LogP contribution in [0.2, 0.25) is 0 Å². The first kappa shape index (κ1) is 22.5. The van der Waals surface area contributed by atoms with Gasteiger partial charge < -0.3 is 20.3 Å². The van der Waals surface area contributed by atoms with Gasteiger partial charge in [0.15, 0.2) is 5.96 Å². The average Bonchev–Trinajstić information content (AvgIpc) is 3.26. The zero-order valence-electron chi connectivity index (χ0n) is 15.8. The minimum Gasteiger partial charge on any atom is -0.381 e. The quantitative estimate of drug-likeness (QED) is 0.249. The maximum atomic E-state index is 11.8. The highest BCUT2D eigenvalue weighted by molar-refractivity contribution is 14.0. The number of ether oxygens (including phenoxy) is 1. The van der Waals surface area contributed by atoms with Crippen LogP contribution in [0.1, 0.15) is 44.9 Å². The molecule has 7 heteroatoms. The summed E-state index contributed by atoms with van der Waals surface area (Å²) in [5, 5.41) is 6.76. The van der Waals surface area contributed by atoms with E-state index in [1.54, 1.807) is 19.0 Å². The Labute approximate surface area is 169 Å². The zero-order chi connectivity index (χ0) is 17.2. The van der Waals surface area contributed by atoms with E-state index in [4.69, 9.17) is 4.74 Å². The Bertz CT molecular complexity index is 406. The van der Waals surface area contributed by atoms with Gasteiger partial charge in [0.05, 0.1) is 6.61 Å².